The topological polar surface area (TPSA) is 118 Å². The molecule has 2 heterocycles. The number of hydrogen-bond donors (Lipinski definition) is 3. The molecule has 0 aromatic heterocycles. The van der Waals surface area contributed by atoms with Crippen molar-refractivity contribution in [2.75, 3.05) is 30.1 Å². The third kappa shape index (κ3) is 4.76. The van der Waals surface area contributed by atoms with Crippen molar-refractivity contribution in [3.8, 4) is 5.75 Å². The van der Waals surface area contributed by atoms with Crippen LogP contribution in [0.1, 0.15) is 36.8 Å². The quantitative estimate of drug-likeness (QED) is 0.443. The van der Waals surface area contributed by atoms with E-state index in [0.29, 0.717) is 35.7 Å². The standard InChI is InChI=1S/C24H26FN5O4/c1-14-12-17(6-7-19(14)25)30-24(34)22(15(2)28-30)27-26-20-5-3-4-18(23(20)33)16-8-10-29(11-9-16)13-21(31)32/h3-7,12,16,26,33H,8-11,13H2,1-2H3,(H,31,32)/b27-22-. The SMILES string of the molecule is CC1=NN(c2ccc(F)c(C)c2)C(=O)/C1=N\Nc1cccc(C2CCN(CC(=O)O)CC2)c1O. The number of carboxylic acids is 1. The Balaban J connectivity index is 1.48. The van der Waals surface area contributed by atoms with E-state index in [1.807, 2.05) is 11.0 Å². The lowest BCUT2D eigenvalue weighted by molar-refractivity contribution is -0.138. The van der Waals surface area contributed by atoms with E-state index < -0.39 is 11.9 Å². The molecule has 1 amide bonds. The number of piperidine rings is 1. The fourth-order valence-corrected chi connectivity index (χ4v) is 4.25. The monoisotopic (exact) mass is 467 g/mol. The highest BCUT2D eigenvalue weighted by molar-refractivity contribution is 6.71. The summed E-state index contributed by atoms with van der Waals surface area (Å²) in [6.07, 6.45) is 1.46. The highest BCUT2D eigenvalue weighted by Crippen LogP contribution is 2.38. The van der Waals surface area contributed by atoms with Crippen LogP contribution in [0.2, 0.25) is 0 Å². The number of nitrogens with zero attached hydrogens (tertiary/aromatic N) is 4. The van der Waals surface area contributed by atoms with Crippen LogP contribution in [0, 0.1) is 12.7 Å². The summed E-state index contributed by atoms with van der Waals surface area (Å²) in [6, 6.07) is 9.60. The maximum atomic E-state index is 13.6. The first-order chi connectivity index (χ1) is 16.2. The van der Waals surface area contributed by atoms with Gasteiger partial charge >= 0.3 is 11.9 Å². The number of rotatable bonds is 6. The largest absolute Gasteiger partial charge is 0.505 e. The van der Waals surface area contributed by atoms with Gasteiger partial charge in [-0.3, -0.25) is 19.9 Å². The lowest BCUT2D eigenvalue weighted by Crippen LogP contribution is -2.36. The molecule has 34 heavy (non-hydrogen) atoms. The minimum Gasteiger partial charge on any atom is -0.505 e. The first-order valence-electron chi connectivity index (χ1n) is 11.0. The van der Waals surface area contributed by atoms with E-state index in [4.69, 9.17) is 5.11 Å². The summed E-state index contributed by atoms with van der Waals surface area (Å²) < 4.78 is 13.6. The van der Waals surface area contributed by atoms with Crippen molar-refractivity contribution in [1.82, 2.24) is 4.90 Å². The summed E-state index contributed by atoms with van der Waals surface area (Å²) in [4.78, 5) is 25.7. The third-order valence-electron chi connectivity index (χ3n) is 6.12. The Morgan fingerprint density at radius 3 is 2.65 bits per heavy atom. The number of benzene rings is 2. The van der Waals surface area contributed by atoms with Gasteiger partial charge in [0.1, 0.15) is 11.6 Å². The van der Waals surface area contributed by atoms with Gasteiger partial charge in [-0.2, -0.15) is 15.2 Å². The Bertz CT molecular complexity index is 1190. The molecule has 0 unspecified atom stereocenters. The van der Waals surface area contributed by atoms with Crippen molar-refractivity contribution in [2.24, 2.45) is 10.2 Å². The number of halogens is 1. The van der Waals surface area contributed by atoms with Gasteiger partial charge in [-0.05, 0) is 81.1 Å². The molecule has 0 spiro atoms. The van der Waals surface area contributed by atoms with Crippen LogP contribution in [0.4, 0.5) is 15.8 Å². The normalized spacial score (nSPS) is 18.4. The second kappa shape index (κ2) is 9.60. The molecule has 0 saturated carbocycles. The highest BCUT2D eigenvalue weighted by atomic mass is 19.1. The zero-order valence-electron chi connectivity index (χ0n) is 19.0. The van der Waals surface area contributed by atoms with Crippen LogP contribution in [0.25, 0.3) is 0 Å². The molecule has 9 nitrogen and oxygen atoms in total. The third-order valence-corrected chi connectivity index (χ3v) is 6.12. The van der Waals surface area contributed by atoms with Crippen LogP contribution >= 0.6 is 0 Å². The van der Waals surface area contributed by atoms with Gasteiger partial charge in [0.15, 0.2) is 5.71 Å². The average molecular weight is 468 g/mol. The van der Waals surface area contributed by atoms with E-state index in [1.54, 1.807) is 26.0 Å². The number of carbonyl (C=O) groups excluding carboxylic acids is 1. The number of carboxylic acid groups (broad SMARTS) is 1. The molecule has 0 atom stereocenters. The van der Waals surface area contributed by atoms with Gasteiger partial charge in [0, 0.05) is 0 Å². The van der Waals surface area contributed by atoms with Crippen LogP contribution in [0.5, 0.6) is 5.75 Å². The minimum atomic E-state index is -0.847. The number of anilines is 2. The summed E-state index contributed by atoms with van der Waals surface area (Å²) in [5.41, 5.74) is 5.22. The van der Waals surface area contributed by atoms with Crippen molar-refractivity contribution in [3.05, 3.63) is 53.3 Å². The molecule has 10 heteroatoms. The molecular weight excluding hydrogens is 441 g/mol. The van der Waals surface area contributed by atoms with E-state index in [-0.39, 0.29) is 29.7 Å². The van der Waals surface area contributed by atoms with E-state index >= 15 is 0 Å². The number of hydrogen-bond acceptors (Lipinski definition) is 7. The van der Waals surface area contributed by atoms with Crippen LogP contribution < -0.4 is 10.4 Å². The molecule has 1 saturated heterocycles. The first kappa shape index (κ1) is 23.4. The van der Waals surface area contributed by atoms with Gasteiger partial charge in [-0.1, -0.05) is 12.1 Å². The van der Waals surface area contributed by atoms with Gasteiger partial charge in [0.05, 0.1) is 23.6 Å². The zero-order chi connectivity index (χ0) is 24.4. The fraction of sp³-hybridized carbons (Fsp3) is 0.333. The minimum absolute atomic E-state index is 0.0151. The molecule has 2 aliphatic heterocycles. The number of amides is 1. The number of carbonyl (C=O) groups is 2. The first-order valence-corrected chi connectivity index (χ1v) is 11.0. The Morgan fingerprint density at radius 1 is 1.24 bits per heavy atom. The molecule has 0 bridgehead atoms. The molecule has 178 valence electrons. The summed E-state index contributed by atoms with van der Waals surface area (Å²) in [7, 11) is 0. The Hall–Kier alpha value is -3.79. The van der Waals surface area contributed by atoms with Crippen LogP contribution in [0.15, 0.2) is 46.6 Å². The molecule has 2 aliphatic rings. The summed E-state index contributed by atoms with van der Waals surface area (Å²) in [5, 5.41) is 29.4. The fourth-order valence-electron chi connectivity index (χ4n) is 4.25. The van der Waals surface area contributed by atoms with Crippen molar-refractivity contribution in [3.63, 3.8) is 0 Å². The number of phenolic OH excluding ortho intramolecular Hbond substituents is 1. The van der Waals surface area contributed by atoms with E-state index in [0.717, 1.165) is 18.4 Å². The molecule has 2 aromatic rings. The Morgan fingerprint density at radius 2 is 1.97 bits per heavy atom. The van der Waals surface area contributed by atoms with E-state index in [1.165, 1.54) is 23.2 Å². The number of likely N-dealkylation sites (tertiary alicyclic amines) is 1. The number of phenols is 1. The van der Waals surface area contributed by atoms with Crippen molar-refractivity contribution >= 4 is 34.7 Å². The van der Waals surface area contributed by atoms with Crippen LogP contribution in [0.3, 0.4) is 0 Å². The van der Waals surface area contributed by atoms with Crippen molar-refractivity contribution in [1.29, 1.82) is 0 Å². The Kier molecular flexibility index (Phi) is 6.60. The number of aliphatic carboxylic acids is 1. The van der Waals surface area contributed by atoms with Crippen LogP contribution in [-0.4, -0.2) is 58.0 Å². The number of para-hydroxylation sites is 1. The maximum Gasteiger partial charge on any atom is 0.317 e. The predicted molar refractivity (Wildman–Crippen MR) is 127 cm³/mol. The highest BCUT2D eigenvalue weighted by Gasteiger charge is 2.31. The number of nitrogens with one attached hydrogen (secondary N) is 1. The molecule has 3 N–H and O–H groups in total. The van der Waals surface area contributed by atoms with Gasteiger partial charge in [0.25, 0.3) is 0 Å². The number of aryl methyl sites for hydroxylation is 1. The molecule has 0 aliphatic carbocycles. The molecule has 0 radical (unpaired) electrons. The predicted octanol–water partition coefficient (Wildman–Crippen LogP) is 3.29. The second-order valence-corrected chi connectivity index (χ2v) is 8.50. The summed E-state index contributed by atoms with van der Waals surface area (Å²) in [6.45, 7) is 4.55. The molecule has 1 fully saturated rings. The average Bonchev–Trinajstić information content (AvgIpc) is 3.08. The summed E-state index contributed by atoms with van der Waals surface area (Å²) in [5.74, 6) is -1.53. The van der Waals surface area contributed by atoms with E-state index in [2.05, 4.69) is 15.6 Å². The molecular formula is C24H26FN5O4. The number of aromatic hydroxyl groups is 1. The molecule has 2 aromatic carbocycles. The number of hydrazone groups is 2. The van der Waals surface area contributed by atoms with Crippen molar-refractivity contribution < 1.29 is 24.2 Å². The van der Waals surface area contributed by atoms with E-state index in [9.17, 15) is 19.1 Å². The Labute approximate surface area is 196 Å². The second-order valence-electron chi connectivity index (χ2n) is 8.50. The van der Waals surface area contributed by atoms with Crippen molar-refractivity contribution in [2.45, 2.75) is 32.6 Å². The maximum absolute atomic E-state index is 13.6. The lowest BCUT2D eigenvalue weighted by Gasteiger charge is -2.31. The van der Waals surface area contributed by atoms with Gasteiger partial charge in [0.2, 0.25) is 0 Å². The molecule has 4 rings (SSSR count). The lowest BCUT2D eigenvalue weighted by atomic mass is 9.88. The summed E-state index contributed by atoms with van der Waals surface area (Å²) >= 11 is 0. The van der Waals surface area contributed by atoms with Gasteiger partial charge in [-0.25, -0.2) is 4.39 Å². The smallest absolute Gasteiger partial charge is 0.317 e. The zero-order valence-corrected chi connectivity index (χ0v) is 19.0. The van der Waals surface area contributed by atoms with Gasteiger partial charge in [-0.15, -0.1) is 0 Å². The van der Waals surface area contributed by atoms with Gasteiger partial charge < -0.3 is 10.2 Å². The van der Waals surface area contributed by atoms with Crippen LogP contribution in [-0.2, 0) is 9.59 Å².